The Morgan fingerprint density at radius 3 is 2.57 bits per heavy atom. The monoisotopic (exact) mass is 401 g/mol. The van der Waals surface area contributed by atoms with Gasteiger partial charge in [-0.25, -0.2) is 17.5 Å². The molecule has 0 aliphatic heterocycles. The van der Waals surface area contributed by atoms with Crippen LogP contribution in [-0.2, 0) is 21.2 Å². The summed E-state index contributed by atoms with van der Waals surface area (Å²) in [4.78, 5) is 23.9. The molecule has 9 heteroatoms. The molecule has 1 aromatic heterocycles. The summed E-state index contributed by atoms with van der Waals surface area (Å²) < 4.78 is 39.4. The Kier molecular flexibility index (Phi) is 5.36. The average Bonchev–Trinajstić information content (AvgIpc) is 2.63. The van der Waals surface area contributed by atoms with Crippen molar-refractivity contribution in [3.8, 4) is 0 Å². The molecule has 0 aliphatic rings. The quantitative estimate of drug-likeness (QED) is 0.707. The zero-order valence-corrected chi connectivity index (χ0v) is 15.6. The summed E-state index contributed by atoms with van der Waals surface area (Å²) in [5.41, 5.74) is 0.843. The predicted octanol–water partition coefficient (Wildman–Crippen LogP) is 2.16. The third-order valence-electron chi connectivity index (χ3n) is 3.82. The van der Waals surface area contributed by atoms with E-state index in [0.29, 0.717) is 5.69 Å². The molecule has 1 heterocycles. The summed E-state index contributed by atoms with van der Waals surface area (Å²) in [6, 6.07) is 13.5. The summed E-state index contributed by atoms with van der Waals surface area (Å²) in [5, 5.41) is 5.94. The molecule has 3 rings (SSSR count). The largest absolute Gasteiger partial charge is 0.324 e. The fourth-order valence-electron chi connectivity index (χ4n) is 2.50. The molecule has 0 unspecified atom stereocenters. The molecule has 1 amide bonds. The smallest absolute Gasteiger partial charge is 0.267 e. The van der Waals surface area contributed by atoms with Crippen LogP contribution in [0.5, 0.6) is 0 Å². The molecule has 0 bridgehead atoms. The lowest BCUT2D eigenvalue weighted by Gasteiger charge is -2.09. The van der Waals surface area contributed by atoms with E-state index in [-0.39, 0.29) is 4.90 Å². The molecule has 0 spiro atoms. The molecule has 0 aliphatic carbocycles. The zero-order valence-electron chi connectivity index (χ0n) is 14.8. The van der Waals surface area contributed by atoms with Crippen molar-refractivity contribution in [1.82, 2.24) is 9.78 Å². The van der Waals surface area contributed by atoms with Crippen molar-refractivity contribution in [2.24, 2.45) is 0 Å². The SMILES string of the molecule is Cc1cccc(NC(=O)Cn2nc(S(=O)(=O)c3cccc(F)c3)ccc2=O)c1. The van der Waals surface area contributed by atoms with Crippen LogP contribution in [0, 0.1) is 12.7 Å². The van der Waals surface area contributed by atoms with Crippen molar-refractivity contribution >= 4 is 21.4 Å². The Labute approximate surface area is 160 Å². The summed E-state index contributed by atoms with van der Waals surface area (Å²) in [7, 11) is -4.14. The van der Waals surface area contributed by atoms with Gasteiger partial charge in [-0.2, -0.15) is 5.10 Å². The maximum atomic E-state index is 13.4. The topological polar surface area (TPSA) is 98.1 Å². The summed E-state index contributed by atoms with van der Waals surface area (Å²) >= 11 is 0. The van der Waals surface area contributed by atoms with Crippen LogP contribution in [0.1, 0.15) is 5.56 Å². The van der Waals surface area contributed by atoms with Crippen LogP contribution in [0.15, 0.2) is 75.4 Å². The van der Waals surface area contributed by atoms with Gasteiger partial charge in [-0.05, 0) is 48.9 Å². The number of hydrogen-bond donors (Lipinski definition) is 1. The molecule has 144 valence electrons. The van der Waals surface area contributed by atoms with E-state index in [1.54, 1.807) is 18.2 Å². The van der Waals surface area contributed by atoms with E-state index in [1.165, 1.54) is 12.1 Å². The Hall–Kier alpha value is -3.33. The van der Waals surface area contributed by atoms with Crippen molar-refractivity contribution < 1.29 is 17.6 Å². The van der Waals surface area contributed by atoms with Gasteiger partial charge in [-0.15, -0.1) is 0 Å². The molecule has 0 saturated heterocycles. The van der Waals surface area contributed by atoms with Crippen LogP contribution < -0.4 is 10.9 Å². The fraction of sp³-hybridized carbons (Fsp3) is 0.105. The number of aromatic nitrogens is 2. The summed E-state index contributed by atoms with van der Waals surface area (Å²) in [6.45, 7) is 1.39. The highest BCUT2D eigenvalue weighted by Gasteiger charge is 2.21. The summed E-state index contributed by atoms with van der Waals surface area (Å²) in [6.07, 6.45) is 0. The van der Waals surface area contributed by atoms with Gasteiger partial charge in [-0.1, -0.05) is 18.2 Å². The lowest BCUT2D eigenvalue weighted by atomic mass is 10.2. The lowest BCUT2D eigenvalue weighted by molar-refractivity contribution is -0.117. The van der Waals surface area contributed by atoms with Crippen molar-refractivity contribution in [2.45, 2.75) is 23.4 Å². The molecule has 1 N–H and O–H groups in total. The maximum Gasteiger partial charge on any atom is 0.267 e. The molecule has 7 nitrogen and oxygen atoms in total. The molecule has 3 aromatic rings. The normalized spacial score (nSPS) is 11.2. The second-order valence-corrected chi connectivity index (χ2v) is 7.94. The number of aryl methyl sites for hydroxylation is 1. The Morgan fingerprint density at radius 1 is 1.11 bits per heavy atom. The minimum Gasteiger partial charge on any atom is -0.324 e. The Bertz CT molecular complexity index is 1210. The van der Waals surface area contributed by atoms with E-state index < -0.39 is 38.7 Å². The molecule has 0 saturated carbocycles. The van der Waals surface area contributed by atoms with E-state index in [4.69, 9.17) is 0 Å². The molecule has 28 heavy (non-hydrogen) atoms. The minimum atomic E-state index is -4.14. The number of amides is 1. The standard InChI is InChI=1S/C19H16FN3O4S/c1-13-4-2-6-15(10-13)21-17(24)12-23-19(25)9-8-18(22-23)28(26,27)16-7-3-5-14(20)11-16/h2-11H,12H2,1H3,(H,21,24). The first kappa shape index (κ1) is 19.4. The highest BCUT2D eigenvalue weighted by molar-refractivity contribution is 7.91. The Morgan fingerprint density at radius 2 is 1.86 bits per heavy atom. The molecule has 2 aromatic carbocycles. The lowest BCUT2D eigenvalue weighted by Crippen LogP contribution is -2.30. The van der Waals surface area contributed by atoms with E-state index >= 15 is 0 Å². The van der Waals surface area contributed by atoms with Crippen molar-refractivity contribution in [3.05, 3.63) is 82.4 Å². The van der Waals surface area contributed by atoms with Gasteiger partial charge in [0, 0.05) is 11.8 Å². The van der Waals surface area contributed by atoms with Gasteiger partial charge in [0.2, 0.25) is 15.7 Å². The van der Waals surface area contributed by atoms with E-state index in [9.17, 15) is 22.4 Å². The van der Waals surface area contributed by atoms with Crippen LogP contribution in [-0.4, -0.2) is 24.1 Å². The number of benzene rings is 2. The number of carbonyl (C=O) groups excluding carboxylic acids is 1. The van der Waals surface area contributed by atoms with Gasteiger partial charge in [0.05, 0.1) is 4.90 Å². The van der Waals surface area contributed by atoms with Crippen LogP contribution in [0.25, 0.3) is 0 Å². The zero-order chi connectivity index (χ0) is 20.3. The molecular formula is C19H16FN3O4S. The number of nitrogens with zero attached hydrogens (tertiary/aromatic N) is 2. The van der Waals surface area contributed by atoms with Crippen molar-refractivity contribution in [3.63, 3.8) is 0 Å². The van der Waals surface area contributed by atoms with Gasteiger partial charge >= 0.3 is 0 Å². The van der Waals surface area contributed by atoms with Gasteiger partial charge < -0.3 is 5.32 Å². The third kappa shape index (κ3) is 4.32. The van der Waals surface area contributed by atoms with Gasteiger partial charge in [0.15, 0.2) is 5.03 Å². The van der Waals surface area contributed by atoms with Crippen LogP contribution in [0.2, 0.25) is 0 Å². The number of sulfone groups is 1. The third-order valence-corrected chi connectivity index (χ3v) is 5.46. The molecular weight excluding hydrogens is 385 g/mol. The number of nitrogens with one attached hydrogen (secondary N) is 1. The van der Waals surface area contributed by atoms with Crippen molar-refractivity contribution in [1.29, 1.82) is 0 Å². The molecule has 0 atom stereocenters. The minimum absolute atomic E-state index is 0.297. The Balaban J connectivity index is 1.87. The van der Waals surface area contributed by atoms with Crippen molar-refractivity contribution in [2.75, 3.05) is 5.32 Å². The number of halogens is 1. The first-order valence-electron chi connectivity index (χ1n) is 8.21. The maximum absolute atomic E-state index is 13.4. The second-order valence-electron chi connectivity index (χ2n) is 6.05. The fourth-order valence-corrected chi connectivity index (χ4v) is 3.72. The highest BCUT2D eigenvalue weighted by Crippen LogP contribution is 2.18. The highest BCUT2D eigenvalue weighted by atomic mass is 32.2. The van der Waals surface area contributed by atoms with Crippen LogP contribution in [0.4, 0.5) is 10.1 Å². The molecule has 0 fully saturated rings. The average molecular weight is 401 g/mol. The van der Waals surface area contributed by atoms with Gasteiger partial charge in [0.25, 0.3) is 5.56 Å². The molecule has 0 radical (unpaired) electrons. The van der Waals surface area contributed by atoms with Crippen LogP contribution in [0.3, 0.4) is 0 Å². The number of hydrogen-bond acceptors (Lipinski definition) is 5. The van der Waals surface area contributed by atoms with Gasteiger partial charge in [-0.3, -0.25) is 9.59 Å². The predicted molar refractivity (Wildman–Crippen MR) is 100 cm³/mol. The van der Waals surface area contributed by atoms with Crippen LogP contribution >= 0.6 is 0 Å². The first-order chi connectivity index (χ1) is 13.3. The van der Waals surface area contributed by atoms with E-state index in [0.717, 1.165) is 34.5 Å². The van der Waals surface area contributed by atoms with E-state index in [1.807, 2.05) is 13.0 Å². The second kappa shape index (κ2) is 7.73. The summed E-state index contributed by atoms with van der Waals surface area (Å²) in [5.74, 6) is -1.26. The first-order valence-corrected chi connectivity index (χ1v) is 9.69. The van der Waals surface area contributed by atoms with E-state index in [2.05, 4.69) is 10.4 Å². The number of rotatable bonds is 5. The number of carbonyl (C=O) groups is 1. The van der Waals surface area contributed by atoms with Gasteiger partial charge in [0.1, 0.15) is 12.4 Å². The number of anilines is 1.